The predicted molar refractivity (Wildman–Crippen MR) is 84.3 cm³/mol. The summed E-state index contributed by atoms with van der Waals surface area (Å²) in [4.78, 5) is 14.4. The molecule has 1 unspecified atom stereocenters. The molecule has 1 N–H and O–H groups in total. The number of benzene rings is 2. The molecule has 0 fully saturated rings. The number of imidazole rings is 1. The van der Waals surface area contributed by atoms with Crippen LogP contribution in [-0.4, -0.2) is 32.3 Å². The molecule has 118 valence electrons. The van der Waals surface area contributed by atoms with Crippen molar-refractivity contribution >= 4 is 16.7 Å². The number of non-ortho nitro benzene ring substituents is 1. The predicted octanol–water partition coefficient (Wildman–Crippen LogP) is 2.38. The Morgan fingerprint density at radius 1 is 1.22 bits per heavy atom. The van der Waals surface area contributed by atoms with Crippen LogP contribution in [0.15, 0.2) is 54.9 Å². The van der Waals surface area contributed by atoms with Gasteiger partial charge in [0.2, 0.25) is 0 Å². The maximum atomic E-state index is 10.6. The van der Waals surface area contributed by atoms with Crippen molar-refractivity contribution in [2.45, 2.75) is 12.6 Å². The lowest BCUT2D eigenvalue weighted by Gasteiger charge is -2.13. The Labute approximate surface area is 131 Å². The second kappa shape index (κ2) is 6.45. The summed E-state index contributed by atoms with van der Waals surface area (Å²) in [5.74, 6) is 0.477. The van der Waals surface area contributed by atoms with Gasteiger partial charge in [0, 0.05) is 12.1 Å². The van der Waals surface area contributed by atoms with E-state index in [1.165, 1.54) is 24.3 Å². The molecule has 7 heteroatoms. The third kappa shape index (κ3) is 3.46. The number of para-hydroxylation sites is 2. The number of rotatable bonds is 6. The molecule has 0 amide bonds. The van der Waals surface area contributed by atoms with Gasteiger partial charge in [-0.1, -0.05) is 12.1 Å². The summed E-state index contributed by atoms with van der Waals surface area (Å²) in [7, 11) is 0. The fourth-order valence-electron chi connectivity index (χ4n) is 2.29. The summed E-state index contributed by atoms with van der Waals surface area (Å²) in [6.07, 6.45) is 0.961. The minimum atomic E-state index is -0.720. The van der Waals surface area contributed by atoms with Gasteiger partial charge in [0.05, 0.1) is 28.8 Å². The topological polar surface area (TPSA) is 90.4 Å². The lowest BCUT2D eigenvalue weighted by Crippen LogP contribution is -2.23. The van der Waals surface area contributed by atoms with Gasteiger partial charge in [-0.3, -0.25) is 10.1 Å². The van der Waals surface area contributed by atoms with Crippen molar-refractivity contribution in [3.05, 3.63) is 65.0 Å². The van der Waals surface area contributed by atoms with E-state index in [1.807, 2.05) is 28.8 Å². The molecule has 0 aliphatic rings. The summed E-state index contributed by atoms with van der Waals surface area (Å²) in [5, 5.41) is 20.7. The number of fused-ring (bicyclic) bond motifs is 1. The number of hydrogen-bond donors (Lipinski definition) is 1. The van der Waals surface area contributed by atoms with Crippen molar-refractivity contribution in [1.82, 2.24) is 9.55 Å². The normalized spacial score (nSPS) is 12.2. The molecule has 1 atom stereocenters. The first-order valence-electron chi connectivity index (χ1n) is 7.08. The van der Waals surface area contributed by atoms with Gasteiger partial charge in [-0.2, -0.15) is 0 Å². The van der Waals surface area contributed by atoms with E-state index in [0.717, 1.165) is 11.0 Å². The quantitative estimate of drug-likeness (QED) is 0.557. The Morgan fingerprint density at radius 3 is 2.70 bits per heavy atom. The molecule has 0 spiro atoms. The smallest absolute Gasteiger partial charge is 0.269 e. The highest BCUT2D eigenvalue weighted by atomic mass is 16.6. The molecule has 0 saturated carbocycles. The van der Waals surface area contributed by atoms with Crippen LogP contribution in [0, 0.1) is 10.1 Å². The maximum Gasteiger partial charge on any atom is 0.269 e. The number of aromatic nitrogens is 2. The lowest BCUT2D eigenvalue weighted by atomic mass is 10.3. The fraction of sp³-hybridized carbons (Fsp3) is 0.188. The van der Waals surface area contributed by atoms with E-state index in [1.54, 1.807) is 6.33 Å². The van der Waals surface area contributed by atoms with Crippen LogP contribution >= 0.6 is 0 Å². The van der Waals surface area contributed by atoms with Crippen LogP contribution in [0.1, 0.15) is 0 Å². The van der Waals surface area contributed by atoms with Crippen molar-refractivity contribution in [3.63, 3.8) is 0 Å². The number of nitro groups is 1. The number of nitrogens with zero attached hydrogens (tertiary/aromatic N) is 3. The molecule has 1 aromatic heterocycles. The molecule has 2 aromatic carbocycles. The molecule has 23 heavy (non-hydrogen) atoms. The highest BCUT2D eigenvalue weighted by Crippen LogP contribution is 2.18. The van der Waals surface area contributed by atoms with Gasteiger partial charge >= 0.3 is 0 Å². The Hall–Kier alpha value is -2.93. The average molecular weight is 313 g/mol. The van der Waals surface area contributed by atoms with Gasteiger partial charge in [-0.15, -0.1) is 0 Å². The Kier molecular flexibility index (Phi) is 4.20. The molecule has 1 heterocycles. The molecular formula is C16H15N3O4. The second-order valence-electron chi connectivity index (χ2n) is 5.10. The minimum Gasteiger partial charge on any atom is -0.491 e. The first-order chi connectivity index (χ1) is 11.1. The van der Waals surface area contributed by atoms with E-state index in [0.29, 0.717) is 12.3 Å². The summed E-state index contributed by atoms with van der Waals surface area (Å²) in [6.45, 7) is 0.442. The van der Waals surface area contributed by atoms with Gasteiger partial charge in [0.25, 0.3) is 5.69 Å². The van der Waals surface area contributed by atoms with Crippen LogP contribution < -0.4 is 4.74 Å². The zero-order chi connectivity index (χ0) is 16.2. The highest BCUT2D eigenvalue weighted by Gasteiger charge is 2.10. The van der Waals surface area contributed by atoms with Gasteiger partial charge in [0.1, 0.15) is 18.5 Å². The van der Waals surface area contributed by atoms with Crippen molar-refractivity contribution in [2.24, 2.45) is 0 Å². The molecule has 0 aliphatic heterocycles. The van der Waals surface area contributed by atoms with Gasteiger partial charge in [-0.05, 0) is 24.3 Å². The highest BCUT2D eigenvalue weighted by molar-refractivity contribution is 5.74. The van der Waals surface area contributed by atoms with Gasteiger partial charge in [-0.25, -0.2) is 4.98 Å². The molecule has 7 nitrogen and oxygen atoms in total. The molecule has 0 radical (unpaired) electrons. The SMILES string of the molecule is O=[N+]([O-])c1ccc(OCC(O)Cn2cnc3ccccc32)cc1. The number of ether oxygens (including phenoxy) is 1. The third-order valence-electron chi connectivity index (χ3n) is 3.42. The number of hydrogen-bond acceptors (Lipinski definition) is 5. The zero-order valence-electron chi connectivity index (χ0n) is 12.2. The number of nitro benzene ring substituents is 1. The van der Waals surface area contributed by atoms with Crippen LogP contribution in [0.4, 0.5) is 5.69 Å². The van der Waals surface area contributed by atoms with Crippen LogP contribution in [0.2, 0.25) is 0 Å². The summed E-state index contributed by atoms with van der Waals surface area (Å²) >= 11 is 0. The summed E-state index contributed by atoms with van der Waals surface area (Å²) in [6, 6.07) is 13.4. The van der Waals surface area contributed by atoms with Crippen molar-refractivity contribution < 1.29 is 14.8 Å². The summed E-state index contributed by atoms with van der Waals surface area (Å²) in [5.41, 5.74) is 1.82. The zero-order valence-corrected chi connectivity index (χ0v) is 12.2. The summed E-state index contributed by atoms with van der Waals surface area (Å²) < 4.78 is 7.32. The minimum absolute atomic E-state index is 0.00258. The third-order valence-corrected chi connectivity index (χ3v) is 3.42. The van der Waals surface area contributed by atoms with Crippen LogP contribution in [0.3, 0.4) is 0 Å². The molecular weight excluding hydrogens is 298 g/mol. The van der Waals surface area contributed by atoms with E-state index < -0.39 is 11.0 Å². The van der Waals surface area contributed by atoms with E-state index >= 15 is 0 Å². The van der Waals surface area contributed by atoms with E-state index in [-0.39, 0.29) is 12.3 Å². The van der Waals surface area contributed by atoms with Gasteiger partial charge < -0.3 is 14.4 Å². The van der Waals surface area contributed by atoms with Crippen LogP contribution in [-0.2, 0) is 6.54 Å². The maximum absolute atomic E-state index is 10.6. The monoisotopic (exact) mass is 313 g/mol. The van der Waals surface area contributed by atoms with Crippen LogP contribution in [0.5, 0.6) is 5.75 Å². The van der Waals surface area contributed by atoms with Crippen LogP contribution in [0.25, 0.3) is 11.0 Å². The Bertz CT molecular complexity index is 814. The largest absolute Gasteiger partial charge is 0.491 e. The molecule has 3 rings (SSSR count). The van der Waals surface area contributed by atoms with Crippen molar-refractivity contribution in [3.8, 4) is 5.75 Å². The fourth-order valence-corrected chi connectivity index (χ4v) is 2.29. The average Bonchev–Trinajstić information content (AvgIpc) is 2.96. The standard InChI is InChI=1S/C16H15N3O4/c20-13(9-18-11-17-15-3-1-2-4-16(15)18)10-23-14-7-5-12(6-8-14)19(21)22/h1-8,11,13,20H,9-10H2. The first-order valence-corrected chi connectivity index (χ1v) is 7.08. The van der Waals surface area contributed by atoms with E-state index in [4.69, 9.17) is 4.74 Å². The Morgan fingerprint density at radius 2 is 1.96 bits per heavy atom. The second-order valence-corrected chi connectivity index (χ2v) is 5.10. The van der Waals surface area contributed by atoms with E-state index in [9.17, 15) is 15.2 Å². The lowest BCUT2D eigenvalue weighted by molar-refractivity contribution is -0.384. The molecule has 0 bridgehead atoms. The Balaban J connectivity index is 1.59. The molecule has 0 saturated heterocycles. The number of aliphatic hydroxyl groups excluding tert-OH is 1. The van der Waals surface area contributed by atoms with Crippen molar-refractivity contribution in [1.29, 1.82) is 0 Å². The van der Waals surface area contributed by atoms with E-state index in [2.05, 4.69) is 4.98 Å². The number of aliphatic hydroxyl groups is 1. The molecule has 0 aliphatic carbocycles. The molecule has 3 aromatic rings. The van der Waals surface area contributed by atoms with Crippen molar-refractivity contribution in [2.75, 3.05) is 6.61 Å². The van der Waals surface area contributed by atoms with Gasteiger partial charge in [0.15, 0.2) is 0 Å². The first kappa shape index (κ1) is 15.0.